The molecule has 2 atom stereocenters. The van der Waals surface area contributed by atoms with Crippen LogP contribution in [-0.4, -0.2) is 27.6 Å². The number of rotatable bonds is 7. The van der Waals surface area contributed by atoms with E-state index in [1.54, 1.807) is 0 Å². The highest BCUT2D eigenvalue weighted by molar-refractivity contribution is 7.84. The lowest BCUT2D eigenvalue weighted by Gasteiger charge is -2.32. The average Bonchev–Trinajstić information content (AvgIpc) is 2.43. The van der Waals surface area contributed by atoms with Crippen LogP contribution in [0, 0.1) is 5.92 Å². The van der Waals surface area contributed by atoms with Gasteiger partial charge in [-0.25, -0.2) is 8.93 Å². The second-order valence-electron chi connectivity index (χ2n) is 6.85. The molecule has 1 aliphatic rings. The first kappa shape index (κ1) is 18.6. The van der Waals surface area contributed by atoms with Crippen molar-refractivity contribution < 1.29 is 13.7 Å². The predicted octanol–water partition coefficient (Wildman–Crippen LogP) is 3.33. The van der Waals surface area contributed by atoms with Gasteiger partial charge in [-0.1, -0.05) is 19.3 Å². The summed E-state index contributed by atoms with van der Waals surface area (Å²) in [6.45, 7) is 8.16. The van der Waals surface area contributed by atoms with Crippen molar-refractivity contribution in [1.82, 2.24) is 4.72 Å². The molecule has 0 aliphatic heterocycles. The van der Waals surface area contributed by atoms with Crippen LogP contribution < -0.4 is 4.72 Å². The molecule has 0 bridgehead atoms. The normalized spacial score (nSPS) is 20.0. The molecule has 0 saturated heterocycles. The van der Waals surface area contributed by atoms with Crippen molar-refractivity contribution in [3.8, 4) is 0 Å². The first-order chi connectivity index (χ1) is 9.84. The van der Waals surface area contributed by atoms with Crippen LogP contribution in [0.4, 0.5) is 0 Å². The zero-order chi connectivity index (χ0) is 15.9. The molecule has 21 heavy (non-hydrogen) atoms. The van der Waals surface area contributed by atoms with Gasteiger partial charge in [-0.2, -0.15) is 0 Å². The molecule has 1 aliphatic carbocycles. The van der Waals surface area contributed by atoms with Gasteiger partial charge in [0, 0.05) is 12.5 Å². The van der Waals surface area contributed by atoms with E-state index in [1.165, 1.54) is 32.1 Å². The molecule has 1 rings (SSSR count). The number of nitrogens with one attached hydrogen (secondary N) is 1. The minimum Gasteiger partial charge on any atom is -0.466 e. The van der Waals surface area contributed by atoms with Gasteiger partial charge in [-0.15, -0.1) is 0 Å². The molecule has 4 nitrogen and oxygen atoms in total. The number of esters is 1. The molecule has 0 aromatic rings. The summed E-state index contributed by atoms with van der Waals surface area (Å²) >= 11 is 0. The maximum absolute atomic E-state index is 12.4. The molecule has 0 spiro atoms. The number of carbonyl (C=O) groups excluding carboxylic acids is 1. The van der Waals surface area contributed by atoms with Crippen LogP contribution in [0.15, 0.2) is 0 Å². The summed E-state index contributed by atoms with van der Waals surface area (Å²) in [5.74, 6) is 0.376. The summed E-state index contributed by atoms with van der Waals surface area (Å²) in [7, 11) is -1.09. The van der Waals surface area contributed by atoms with Crippen LogP contribution in [0.2, 0.25) is 0 Å². The van der Waals surface area contributed by atoms with E-state index in [1.807, 2.05) is 27.7 Å². The number of hydrogen-bond acceptors (Lipinski definition) is 3. The van der Waals surface area contributed by atoms with E-state index in [0.717, 1.165) is 0 Å². The lowest BCUT2D eigenvalue weighted by molar-refractivity contribution is -0.143. The molecule has 1 N–H and O–H groups in total. The monoisotopic (exact) mass is 317 g/mol. The second kappa shape index (κ2) is 8.89. The molecule has 5 heteroatoms. The largest absolute Gasteiger partial charge is 0.466 e. The van der Waals surface area contributed by atoms with Gasteiger partial charge in [0.1, 0.15) is 0 Å². The van der Waals surface area contributed by atoms with Crippen LogP contribution in [0.1, 0.15) is 72.6 Å². The third kappa shape index (κ3) is 6.92. The van der Waals surface area contributed by atoms with Gasteiger partial charge in [0.05, 0.1) is 22.3 Å². The fourth-order valence-corrected chi connectivity index (χ4v) is 3.69. The molecule has 0 aromatic heterocycles. The minimum absolute atomic E-state index is 0.148. The van der Waals surface area contributed by atoms with Gasteiger partial charge < -0.3 is 4.74 Å². The van der Waals surface area contributed by atoms with Crippen LogP contribution in [0.25, 0.3) is 0 Å². The first-order valence-electron chi connectivity index (χ1n) is 8.18. The van der Waals surface area contributed by atoms with Crippen molar-refractivity contribution in [2.75, 3.05) is 6.61 Å². The lowest BCUT2D eigenvalue weighted by atomic mass is 9.83. The minimum atomic E-state index is -1.09. The number of carbonyl (C=O) groups is 1. The third-order valence-electron chi connectivity index (χ3n) is 4.00. The van der Waals surface area contributed by atoms with Crippen molar-refractivity contribution in [3.63, 3.8) is 0 Å². The Balaban J connectivity index is 2.60. The Morgan fingerprint density at radius 2 is 1.90 bits per heavy atom. The van der Waals surface area contributed by atoms with Crippen molar-refractivity contribution >= 4 is 17.0 Å². The third-order valence-corrected chi connectivity index (χ3v) is 5.63. The Bertz CT molecular complexity index is 346. The Hall–Kier alpha value is -0.420. The van der Waals surface area contributed by atoms with E-state index in [4.69, 9.17) is 4.74 Å². The Labute approximate surface area is 132 Å². The molecule has 0 unspecified atom stereocenters. The van der Waals surface area contributed by atoms with Crippen molar-refractivity contribution in [3.05, 3.63) is 0 Å². The first-order valence-corrected chi connectivity index (χ1v) is 9.33. The van der Waals surface area contributed by atoms with E-state index in [9.17, 15) is 9.00 Å². The summed E-state index contributed by atoms with van der Waals surface area (Å²) < 4.78 is 20.4. The van der Waals surface area contributed by atoms with Crippen LogP contribution in [0.3, 0.4) is 0 Å². The molecule has 124 valence electrons. The lowest BCUT2D eigenvalue weighted by Crippen LogP contribution is -2.44. The van der Waals surface area contributed by atoms with Crippen LogP contribution in [-0.2, 0) is 20.5 Å². The molecule has 1 saturated carbocycles. The number of ether oxygens (including phenoxy) is 1. The summed E-state index contributed by atoms with van der Waals surface area (Å²) in [5.41, 5.74) is 0. The molecule has 1 fully saturated rings. The molecule has 0 aromatic carbocycles. The summed E-state index contributed by atoms with van der Waals surface area (Å²) in [4.78, 5) is 11.6. The average molecular weight is 317 g/mol. The fourth-order valence-electron chi connectivity index (χ4n) is 2.75. The maximum Gasteiger partial charge on any atom is 0.305 e. The Morgan fingerprint density at radius 3 is 2.43 bits per heavy atom. The van der Waals surface area contributed by atoms with Gasteiger partial charge in [0.25, 0.3) is 0 Å². The topological polar surface area (TPSA) is 55.4 Å². The fraction of sp³-hybridized carbons (Fsp3) is 0.938. The van der Waals surface area contributed by atoms with E-state index < -0.39 is 11.0 Å². The Kier molecular flexibility index (Phi) is 7.88. The molecule has 0 amide bonds. The van der Waals surface area contributed by atoms with E-state index in [2.05, 4.69) is 4.72 Å². The molecule has 0 radical (unpaired) electrons. The van der Waals surface area contributed by atoms with Crippen molar-refractivity contribution in [2.24, 2.45) is 5.92 Å². The van der Waals surface area contributed by atoms with Gasteiger partial charge >= 0.3 is 5.97 Å². The second-order valence-corrected chi connectivity index (χ2v) is 8.85. The summed E-state index contributed by atoms with van der Waals surface area (Å²) in [6.07, 6.45) is 7.23. The van der Waals surface area contributed by atoms with Crippen molar-refractivity contribution in [1.29, 1.82) is 0 Å². The van der Waals surface area contributed by atoms with Gasteiger partial charge in [0.15, 0.2) is 0 Å². The number of hydrogen-bond donors (Lipinski definition) is 1. The van der Waals surface area contributed by atoms with Gasteiger partial charge in [-0.3, -0.25) is 4.79 Å². The van der Waals surface area contributed by atoms with Gasteiger partial charge in [-0.05, 0) is 52.9 Å². The molecule has 0 heterocycles. The zero-order valence-electron chi connectivity index (χ0n) is 13.9. The predicted molar refractivity (Wildman–Crippen MR) is 87.3 cm³/mol. The summed E-state index contributed by atoms with van der Waals surface area (Å²) in [6, 6.07) is 0.148. The highest BCUT2D eigenvalue weighted by Crippen LogP contribution is 2.29. The standard InChI is InChI=1S/C16H31NO3S/c1-5-20-15(18)12-11-14(13-9-7-6-8-10-13)17-21(19)16(2,3)4/h13-14,17H,5-12H2,1-4H3/t14-,21-/m0/s1. The SMILES string of the molecule is CCOC(=O)CC[C@H](N[S@@](=O)C(C)(C)C)C1CCCCC1. The highest BCUT2D eigenvalue weighted by atomic mass is 32.2. The van der Waals surface area contributed by atoms with E-state index in [0.29, 0.717) is 25.4 Å². The van der Waals surface area contributed by atoms with Crippen LogP contribution in [0.5, 0.6) is 0 Å². The van der Waals surface area contributed by atoms with Gasteiger partial charge in [0.2, 0.25) is 0 Å². The summed E-state index contributed by atoms with van der Waals surface area (Å²) in [5, 5.41) is 0. The quantitative estimate of drug-likeness (QED) is 0.733. The van der Waals surface area contributed by atoms with Crippen LogP contribution >= 0.6 is 0 Å². The van der Waals surface area contributed by atoms with E-state index >= 15 is 0 Å². The smallest absolute Gasteiger partial charge is 0.305 e. The molecular weight excluding hydrogens is 286 g/mol. The van der Waals surface area contributed by atoms with E-state index in [-0.39, 0.29) is 16.8 Å². The maximum atomic E-state index is 12.4. The highest BCUT2D eigenvalue weighted by Gasteiger charge is 2.29. The van der Waals surface area contributed by atoms with Crippen molar-refractivity contribution in [2.45, 2.75) is 83.4 Å². The molecular formula is C16H31NO3S. The Morgan fingerprint density at radius 1 is 1.29 bits per heavy atom. The zero-order valence-corrected chi connectivity index (χ0v) is 14.8.